The van der Waals surface area contributed by atoms with E-state index in [1.54, 1.807) is 6.92 Å². The van der Waals surface area contributed by atoms with Gasteiger partial charge in [-0.15, -0.1) is 0 Å². The minimum Gasteiger partial charge on any atom is -0.326 e. The summed E-state index contributed by atoms with van der Waals surface area (Å²) in [6, 6.07) is 1.04. The molecule has 1 aromatic rings. The van der Waals surface area contributed by atoms with Crippen molar-refractivity contribution in [3.8, 4) is 0 Å². The fourth-order valence-electron chi connectivity index (χ4n) is 1.52. The molecule has 0 fully saturated rings. The van der Waals surface area contributed by atoms with Crippen LogP contribution in [-0.2, 0) is 4.79 Å². The van der Waals surface area contributed by atoms with Gasteiger partial charge in [-0.1, -0.05) is 0 Å². The first kappa shape index (κ1) is 12.1. The average Bonchev–Trinajstić information content (AvgIpc) is 2.10. The summed E-state index contributed by atoms with van der Waals surface area (Å²) < 4.78 is 13.3. The fraction of sp³-hybridized carbons (Fsp3) is 0.300. The standard InChI is InChI=1S/C10H11FN2O3/c1-5-4-8(11)10(13(15)16)6(2)9(5)12-7(3)14/h4H,1-3H3,(H,12,14). The third-order valence-electron chi connectivity index (χ3n) is 2.18. The maximum Gasteiger partial charge on any atom is 0.309 e. The van der Waals surface area contributed by atoms with Crippen LogP contribution in [0.3, 0.4) is 0 Å². The van der Waals surface area contributed by atoms with Crippen molar-refractivity contribution in [2.75, 3.05) is 5.32 Å². The lowest BCUT2D eigenvalue weighted by Crippen LogP contribution is -2.10. The molecule has 1 aromatic carbocycles. The quantitative estimate of drug-likeness (QED) is 0.621. The van der Waals surface area contributed by atoms with Gasteiger partial charge in [-0.05, 0) is 25.5 Å². The zero-order chi connectivity index (χ0) is 12.5. The Balaban J connectivity index is 3.44. The molecule has 0 bridgehead atoms. The third kappa shape index (κ3) is 2.16. The summed E-state index contributed by atoms with van der Waals surface area (Å²) in [5, 5.41) is 13.1. The molecular weight excluding hydrogens is 215 g/mol. The van der Waals surface area contributed by atoms with E-state index in [9.17, 15) is 19.3 Å². The van der Waals surface area contributed by atoms with E-state index in [2.05, 4.69) is 5.32 Å². The Kier molecular flexibility index (Phi) is 3.22. The molecule has 6 heteroatoms. The molecule has 0 aromatic heterocycles. The molecule has 0 atom stereocenters. The van der Waals surface area contributed by atoms with Gasteiger partial charge in [-0.2, -0.15) is 4.39 Å². The lowest BCUT2D eigenvalue weighted by Gasteiger charge is -2.10. The van der Waals surface area contributed by atoms with Gasteiger partial charge in [0.15, 0.2) is 0 Å². The molecule has 5 nitrogen and oxygen atoms in total. The third-order valence-corrected chi connectivity index (χ3v) is 2.18. The first-order chi connectivity index (χ1) is 7.34. The molecule has 0 aliphatic rings. The Bertz CT molecular complexity index is 472. The van der Waals surface area contributed by atoms with Gasteiger partial charge in [-0.25, -0.2) is 0 Å². The van der Waals surface area contributed by atoms with Crippen LogP contribution < -0.4 is 5.32 Å². The normalized spacial score (nSPS) is 10.0. The van der Waals surface area contributed by atoms with Crippen LogP contribution in [0.4, 0.5) is 15.8 Å². The van der Waals surface area contributed by atoms with Crippen molar-refractivity contribution in [3.63, 3.8) is 0 Å². The molecule has 0 aliphatic carbocycles. The zero-order valence-corrected chi connectivity index (χ0v) is 9.13. The van der Waals surface area contributed by atoms with E-state index in [1.807, 2.05) is 0 Å². The average molecular weight is 226 g/mol. The van der Waals surface area contributed by atoms with E-state index >= 15 is 0 Å². The molecule has 0 unspecified atom stereocenters. The van der Waals surface area contributed by atoms with Crippen molar-refractivity contribution >= 4 is 17.3 Å². The molecule has 1 amide bonds. The van der Waals surface area contributed by atoms with Crippen molar-refractivity contribution in [1.82, 2.24) is 0 Å². The Morgan fingerprint density at radius 3 is 2.50 bits per heavy atom. The van der Waals surface area contributed by atoms with E-state index in [-0.39, 0.29) is 11.5 Å². The summed E-state index contributed by atoms with van der Waals surface area (Å²) in [5.74, 6) is -1.25. The number of benzene rings is 1. The maximum absolute atomic E-state index is 13.3. The molecule has 1 rings (SSSR count). The van der Waals surface area contributed by atoms with Gasteiger partial charge in [0.1, 0.15) is 0 Å². The Labute approximate surface area is 91.4 Å². The van der Waals surface area contributed by atoms with Crippen molar-refractivity contribution < 1.29 is 14.1 Å². The van der Waals surface area contributed by atoms with Gasteiger partial charge in [0.25, 0.3) is 0 Å². The Morgan fingerprint density at radius 2 is 2.06 bits per heavy atom. The molecule has 0 spiro atoms. The number of nitro benzene ring substituents is 1. The lowest BCUT2D eigenvalue weighted by molar-refractivity contribution is -0.388. The van der Waals surface area contributed by atoms with Crippen LogP contribution in [0.15, 0.2) is 6.07 Å². The van der Waals surface area contributed by atoms with Crippen molar-refractivity contribution in [3.05, 3.63) is 33.1 Å². The number of carbonyl (C=O) groups is 1. The molecule has 1 N–H and O–H groups in total. The van der Waals surface area contributed by atoms with Gasteiger partial charge in [0.2, 0.25) is 11.7 Å². The van der Waals surface area contributed by atoms with Gasteiger partial charge in [-0.3, -0.25) is 14.9 Å². The number of nitrogens with zero attached hydrogens (tertiary/aromatic N) is 1. The van der Waals surface area contributed by atoms with E-state index in [1.165, 1.54) is 13.8 Å². The minimum absolute atomic E-state index is 0.123. The number of rotatable bonds is 2. The second-order valence-electron chi connectivity index (χ2n) is 3.46. The van der Waals surface area contributed by atoms with Gasteiger partial charge in [0, 0.05) is 6.92 Å². The van der Waals surface area contributed by atoms with E-state index in [4.69, 9.17) is 0 Å². The zero-order valence-electron chi connectivity index (χ0n) is 9.13. The van der Waals surface area contributed by atoms with E-state index in [0.717, 1.165) is 6.07 Å². The lowest BCUT2D eigenvalue weighted by atomic mass is 10.1. The largest absolute Gasteiger partial charge is 0.326 e. The topological polar surface area (TPSA) is 72.2 Å². The number of aryl methyl sites for hydroxylation is 1. The van der Waals surface area contributed by atoms with Crippen LogP contribution in [0.2, 0.25) is 0 Å². The van der Waals surface area contributed by atoms with E-state index < -0.39 is 16.4 Å². The minimum atomic E-state index is -0.894. The van der Waals surface area contributed by atoms with Crippen molar-refractivity contribution in [1.29, 1.82) is 0 Å². The Morgan fingerprint density at radius 1 is 1.50 bits per heavy atom. The number of anilines is 1. The SMILES string of the molecule is CC(=O)Nc1c(C)cc(F)c([N+](=O)[O-])c1C. The fourth-order valence-corrected chi connectivity index (χ4v) is 1.52. The summed E-state index contributed by atoms with van der Waals surface area (Å²) in [4.78, 5) is 20.8. The highest BCUT2D eigenvalue weighted by molar-refractivity contribution is 5.91. The van der Waals surface area contributed by atoms with E-state index in [0.29, 0.717) is 11.3 Å². The molecular formula is C10H11FN2O3. The molecule has 0 aliphatic heterocycles. The number of nitro groups is 1. The van der Waals surface area contributed by atoms with Crippen LogP contribution >= 0.6 is 0 Å². The highest BCUT2D eigenvalue weighted by Crippen LogP contribution is 2.31. The molecule has 86 valence electrons. The molecule has 0 saturated heterocycles. The summed E-state index contributed by atoms with van der Waals surface area (Å²) in [5.41, 5.74) is 0.267. The first-order valence-corrected chi connectivity index (χ1v) is 4.56. The van der Waals surface area contributed by atoms with Gasteiger partial charge in [0.05, 0.1) is 16.2 Å². The number of hydrogen-bond acceptors (Lipinski definition) is 3. The Hall–Kier alpha value is -1.98. The highest BCUT2D eigenvalue weighted by Gasteiger charge is 2.22. The van der Waals surface area contributed by atoms with Crippen LogP contribution in [0.1, 0.15) is 18.1 Å². The summed E-state index contributed by atoms with van der Waals surface area (Å²) >= 11 is 0. The second kappa shape index (κ2) is 4.26. The number of amides is 1. The van der Waals surface area contributed by atoms with Crippen LogP contribution in [-0.4, -0.2) is 10.8 Å². The molecule has 0 heterocycles. The predicted octanol–water partition coefficient (Wildman–Crippen LogP) is 2.31. The number of nitrogens with one attached hydrogen (secondary N) is 1. The van der Waals surface area contributed by atoms with Gasteiger partial charge < -0.3 is 5.32 Å². The number of carbonyl (C=O) groups excluding carboxylic acids is 1. The van der Waals surface area contributed by atoms with Gasteiger partial charge >= 0.3 is 5.69 Å². The van der Waals surface area contributed by atoms with Crippen LogP contribution in [0.5, 0.6) is 0 Å². The number of halogens is 1. The molecule has 16 heavy (non-hydrogen) atoms. The molecule has 0 saturated carbocycles. The van der Waals surface area contributed by atoms with Crippen molar-refractivity contribution in [2.24, 2.45) is 0 Å². The summed E-state index contributed by atoms with van der Waals surface area (Å²) in [6.45, 7) is 4.26. The number of hydrogen-bond donors (Lipinski definition) is 1. The monoisotopic (exact) mass is 226 g/mol. The summed E-state index contributed by atoms with van der Waals surface area (Å²) in [6.07, 6.45) is 0. The maximum atomic E-state index is 13.3. The van der Waals surface area contributed by atoms with Crippen LogP contribution in [0, 0.1) is 29.8 Å². The van der Waals surface area contributed by atoms with Crippen molar-refractivity contribution in [2.45, 2.75) is 20.8 Å². The highest BCUT2D eigenvalue weighted by atomic mass is 19.1. The predicted molar refractivity (Wildman–Crippen MR) is 56.8 cm³/mol. The van der Waals surface area contributed by atoms with Crippen LogP contribution in [0.25, 0.3) is 0 Å². The molecule has 0 radical (unpaired) electrons. The first-order valence-electron chi connectivity index (χ1n) is 4.56. The summed E-state index contributed by atoms with van der Waals surface area (Å²) in [7, 11) is 0. The smallest absolute Gasteiger partial charge is 0.309 e. The second-order valence-corrected chi connectivity index (χ2v) is 3.46.